The van der Waals surface area contributed by atoms with Crippen molar-refractivity contribution in [3.63, 3.8) is 0 Å². The average Bonchev–Trinajstić information content (AvgIpc) is 2.31. The summed E-state index contributed by atoms with van der Waals surface area (Å²) in [6.45, 7) is 6.10. The van der Waals surface area contributed by atoms with Gasteiger partial charge in [-0.2, -0.15) is 0 Å². The summed E-state index contributed by atoms with van der Waals surface area (Å²) in [6.07, 6.45) is 2.63. The van der Waals surface area contributed by atoms with Crippen molar-refractivity contribution in [1.82, 2.24) is 4.90 Å². The molecule has 0 aromatic heterocycles. The molecule has 0 bridgehead atoms. The Morgan fingerprint density at radius 3 is 2.64 bits per heavy atom. The zero-order valence-corrected chi connectivity index (χ0v) is 7.84. The predicted molar refractivity (Wildman–Crippen MR) is 46.7 cm³/mol. The van der Waals surface area contributed by atoms with Gasteiger partial charge in [-0.3, -0.25) is 4.90 Å². The lowest BCUT2D eigenvalue weighted by molar-refractivity contribution is 0.0865. The molecule has 2 atom stereocenters. The van der Waals surface area contributed by atoms with Crippen LogP contribution in [0.4, 0.5) is 0 Å². The van der Waals surface area contributed by atoms with Crippen LogP contribution in [0, 0.1) is 0 Å². The fourth-order valence-corrected chi connectivity index (χ4v) is 1.66. The lowest BCUT2D eigenvalue weighted by Gasteiger charge is -2.22. The molecule has 2 heteroatoms. The Bertz CT molecular complexity index is 116. The van der Waals surface area contributed by atoms with Crippen LogP contribution in [-0.4, -0.2) is 37.2 Å². The van der Waals surface area contributed by atoms with Gasteiger partial charge in [-0.15, -0.1) is 0 Å². The van der Waals surface area contributed by atoms with Crippen molar-refractivity contribution < 1.29 is 4.74 Å². The molecule has 66 valence electrons. The summed E-state index contributed by atoms with van der Waals surface area (Å²) in [5.74, 6) is 0. The van der Waals surface area contributed by atoms with E-state index in [9.17, 15) is 0 Å². The molecule has 0 spiro atoms. The van der Waals surface area contributed by atoms with E-state index in [4.69, 9.17) is 4.74 Å². The van der Waals surface area contributed by atoms with Crippen molar-refractivity contribution in [1.29, 1.82) is 0 Å². The van der Waals surface area contributed by atoms with E-state index in [0.717, 1.165) is 19.3 Å². The van der Waals surface area contributed by atoms with Gasteiger partial charge in [0.15, 0.2) is 0 Å². The van der Waals surface area contributed by atoms with Crippen LogP contribution in [0.25, 0.3) is 0 Å². The number of nitrogens with zero attached hydrogens (tertiary/aromatic N) is 1. The average molecular weight is 157 g/mol. The van der Waals surface area contributed by atoms with E-state index in [0.29, 0.717) is 6.04 Å². The molecule has 0 aromatic rings. The fourth-order valence-electron chi connectivity index (χ4n) is 1.66. The van der Waals surface area contributed by atoms with E-state index < -0.39 is 0 Å². The molecule has 1 unspecified atom stereocenters. The zero-order chi connectivity index (χ0) is 8.27. The highest BCUT2D eigenvalue weighted by Crippen LogP contribution is 2.21. The van der Waals surface area contributed by atoms with Crippen LogP contribution in [0.3, 0.4) is 0 Å². The van der Waals surface area contributed by atoms with E-state index in [2.05, 4.69) is 25.8 Å². The topological polar surface area (TPSA) is 12.5 Å². The molecular formula is C9H19NO. The van der Waals surface area contributed by atoms with Crippen molar-refractivity contribution in [2.45, 2.75) is 38.8 Å². The van der Waals surface area contributed by atoms with Crippen molar-refractivity contribution in [2.75, 3.05) is 20.3 Å². The van der Waals surface area contributed by atoms with Crippen LogP contribution in [0.15, 0.2) is 0 Å². The van der Waals surface area contributed by atoms with E-state index in [1.165, 1.54) is 12.8 Å². The van der Waals surface area contributed by atoms with Crippen LogP contribution in [0.2, 0.25) is 0 Å². The molecule has 1 aliphatic heterocycles. The maximum absolute atomic E-state index is 5.39. The van der Waals surface area contributed by atoms with Gasteiger partial charge in [0.1, 0.15) is 0 Å². The normalized spacial score (nSPS) is 33.0. The van der Waals surface area contributed by atoms with Crippen LogP contribution in [0.1, 0.15) is 26.7 Å². The van der Waals surface area contributed by atoms with Gasteiger partial charge < -0.3 is 4.74 Å². The zero-order valence-electron chi connectivity index (χ0n) is 7.84. The summed E-state index contributed by atoms with van der Waals surface area (Å²) in [6, 6.07) is 1.42. The largest absolute Gasteiger partial charge is 0.380 e. The Labute approximate surface area is 69.5 Å². The van der Waals surface area contributed by atoms with Crippen LogP contribution in [0.5, 0.6) is 0 Å². The summed E-state index contributed by atoms with van der Waals surface area (Å²) in [4.78, 5) is 2.43. The molecule has 1 aliphatic rings. The van der Waals surface area contributed by atoms with Gasteiger partial charge >= 0.3 is 0 Å². The van der Waals surface area contributed by atoms with Crippen LogP contribution < -0.4 is 0 Å². The van der Waals surface area contributed by atoms with E-state index in [1.54, 1.807) is 0 Å². The first kappa shape index (κ1) is 9.01. The molecule has 1 rings (SSSR count). The number of ether oxygens (including phenoxy) is 1. The van der Waals surface area contributed by atoms with E-state index >= 15 is 0 Å². The predicted octanol–water partition coefficient (Wildman–Crippen LogP) is 1.51. The molecule has 0 N–H and O–H groups in total. The standard InChI is InChI=1S/C9H19NO/c1-4-11-7-9-6-5-8(2)10(9)3/h8-9H,4-7H2,1-3H3/t8-,9?/m1/s1. The summed E-state index contributed by atoms with van der Waals surface area (Å²) in [7, 11) is 2.20. The van der Waals surface area contributed by atoms with Crippen molar-refractivity contribution in [2.24, 2.45) is 0 Å². The summed E-state index contributed by atoms with van der Waals surface area (Å²) < 4.78 is 5.39. The molecule has 0 aromatic carbocycles. The maximum atomic E-state index is 5.39. The molecule has 0 aliphatic carbocycles. The molecule has 2 nitrogen and oxygen atoms in total. The monoisotopic (exact) mass is 157 g/mol. The third-order valence-electron chi connectivity index (χ3n) is 2.70. The molecule has 0 radical (unpaired) electrons. The Morgan fingerprint density at radius 2 is 2.18 bits per heavy atom. The van der Waals surface area contributed by atoms with Gasteiger partial charge in [0, 0.05) is 18.7 Å². The second kappa shape index (κ2) is 4.07. The Hall–Kier alpha value is -0.0800. The number of likely N-dealkylation sites (N-methyl/N-ethyl adjacent to an activating group) is 1. The second-order valence-electron chi connectivity index (χ2n) is 3.41. The third kappa shape index (κ3) is 2.17. The quantitative estimate of drug-likeness (QED) is 0.615. The summed E-state index contributed by atoms with van der Waals surface area (Å²) in [5.41, 5.74) is 0. The number of hydrogen-bond acceptors (Lipinski definition) is 2. The highest BCUT2D eigenvalue weighted by molar-refractivity contribution is 4.81. The Morgan fingerprint density at radius 1 is 1.45 bits per heavy atom. The lowest BCUT2D eigenvalue weighted by atomic mass is 10.2. The first-order valence-electron chi connectivity index (χ1n) is 4.55. The molecule has 1 saturated heterocycles. The van der Waals surface area contributed by atoms with Crippen LogP contribution in [-0.2, 0) is 4.74 Å². The van der Waals surface area contributed by atoms with Gasteiger partial charge in [0.25, 0.3) is 0 Å². The summed E-state index contributed by atoms with van der Waals surface area (Å²) in [5, 5.41) is 0. The van der Waals surface area contributed by atoms with Gasteiger partial charge in [0.2, 0.25) is 0 Å². The molecular weight excluding hydrogens is 138 g/mol. The first-order chi connectivity index (χ1) is 5.25. The first-order valence-corrected chi connectivity index (χ1v) is 4.55. The smallest absolute Gasteiger partial charge is 0.0621 e. The molecule has 1 fully saturated rings. The highest BCUT2D eigenvalue weighted by Gasteiger charge is 2.26. The third-order valence-corrected chi connectivity index (χ3v) is 2.70. The minimum Gasteiger partial charge on any atom is -0.380 e. The second-order valence-corrected chi connectivity index (χ2v) is 3.41. The molecule has 0 saturated carbocycles. The van der Waals surface area contributed by atoms with Gasteiger partial charge in [-0.05, 0) is 33.7 Å². The number of hydrogen-bond donors (Lipinski definition) is 0. The minimum absolute atomic E-state index is 0.671. The molecule has 11 heavy (non-hydrogen) atoms. The van der Waals surface area contributed by atoms with Crippen molar-refractivity contribution in [3.05, 3.63) is 0 Å². The summed E-state index contributed by atoms with van der Waals surface area (Å²) >= 11 is 0. The Balaban J connectivity index is 2.24. The lowest BCUT2D eigenvalue weighted by Crippen LogP contribution is -2.33. The Kier molecular flexibility index (Phi) is 3.34. The fraction of sp³-hybridized carbons (Fsp3) is 1.00. The van der Waals surface area contributed by atoms with E-state index in [-0.39, 0.29) is 0 Å². The SMILES string of the molecule is CCOCC1CC[C@@H](C)N1C. The maximum Gasteiger partial charge on any atom is 0.0621 e. The van der Waals surface area contributed by atoms with Gasteiger partial charge in [-0.25, -0.2) is 0 Å². The van der Waals surface area contributed by atoms with Gasteiger partial charge in [0.05, 0.1) is 6.61 Å². The molecule has 1 heterocycles. The van der Waals surface area contributed by atoms with Crippen LogP contribution >= 0.6 is 0 Å². The minimum atomic E-state index is 0.671. The van der Waals surface area contributed by atoms with Crippen molar-refractivity contribution in [3.8, 4) is 0 Å². The van der Waals surface area contributed by atoms with E-state index in [1.807, 2.05) is 0 Å². The highest BCUT2D eigenvalue weighted by atomic mass is 16.5. The number of rotatable bonds is 3. The molecule has 0 amide bonds. The van der Waals surface area contributed by atoms with Gasteiger partial charge in [-0.1, -0.05) is 0 Å². The van der Waals surface area contributed by atoms with Crippen molar-refractivity contribution >= 4 is 0 Å². The number of likely N-dealkylation sites (tertiary alicyclic amines) is 1.